The molecule has 0 aromatic heterocycles. The maximum absolute atomic E-state index is 10.8. The normalized spacial score (nSPS) is 22.9. The molecule has 0 aromatic rings. The van der Waals surface area contributed by atoms with Gasteiger partial charge < -0.3 is 4.74 Å². The number of carbonyl (C=O) groups is 2. The first-order valence-electron chi connectivity index (χ1n) is 6.98. The highest BCUT2D eigenvalue weighted by Gasteiger charge is 2.05. The Morgan fingerprint density at radius 1 is 0.722 bits per heavy atom. The minimum absolute atomic E-state index is 0.401. The first kappa shape index (κ1) is 15.7. The van der Waals surface area contributed by atoms with Gasteiger partial charge in [-0.25, -0.2) is 0 Å². The third-order valence-electron chi connectivity index (χ3n) is 2.98. The Morgan fingerprint density at radius 3 is 1.67 bits per heavy atom. The van der Waals surface area contributed by atoms with Crippen LogP contribution in [0.2, 0.25) is 0 Å². The second-order valence-corrected chi connectivity index (χ2v) is 5.94. The number of rotatable bonds is 0. The van der Waals surface area contributed by atoms with Gasteiger partial charge in [0.1, 0.15) is 11.6 Å². The average Bonchev–Trinajstić information content (AvgIpc) is 2.30. The van der Waals surface area contributed by atoms with Crippen LogP contribution < -0.4 is 0 Å². The predicted molar refractivity (Wildman–Crippen MR) is 75.1 cm³/mol. The lowest BCUT2D eigenvalue weighted by Crippen LogP contribution is -2.08. The van der Waals surface area contributed by atoms with Gasteiger partial charge in [-0.05, 0) is 37.2 Å². The van der Waals surface area contributed by atoms with Crippen LogP contribution in [0.1, 0.15) is 51.4 Å². The van der Waals surface area contributed by atoms with Crippen molar-refractivity contribution in [3.05, 3.63) is 0 Å². The highest BCUT2D eigenvalue weighted by atomic mass is 32.2. The van der Waals surface area contributed by atoms with Gasteiger partial charge in [-0.1, -0.05) is 0 Å². The largest absolute Gasteiger partial charge is 0.381 e. The van der Waals surface area contributed by atoms with Crippen molar-refractivity contribution in [1.82, 2.24) is 0 Å². The highest BCUT2D eigenvalue weighted by molar-refractivity contribution is 7.99. The quantitative estimate of drug-likeness (QED) is 0.680. The van der Waals surface area contributed by atoms with Gasteiger partial charge >= 0.3 is 0 Å². The molecule has 2 fully saturated rings. The predicted octanol–water partition coefficient (Wildman–Crippen LogP) is 3.01. The number of hydrogen-bond acceptors (Lipinski definition) is 4. The third-order valence-corrected chi connectivity index (χ3v) is 4.13. The van der Waals surface area contributed by atoms with Crippen molar-refractivity contribution >= 4 is 23.3 Å². The molecule has 0 radical (unpaired) electrons. The van der Waals surface area contributed by atoms with Crippen molar-refractivity contribution < 1.29 is 14.3 Å². The summed E-state index contributed by atoms with van der Waals surface area (Å²) in [5.74, 6) is 3.24. The molecule has 2 aliphatic rings. The SMILES string of the molecule is O=C1CCCOCCC1.O=C1CCCSCCC1. The maximum atomic E-state index is 10.8. The number of hydrogen-bond donors (Lipinski definition) is 0. The molecule has 2 heterocycles. The van der Waals surface area contributed by atoms with Gasteiger partial charge in [-0.3, -0.25) is 9.59 Å². The van der Waals surface area contributed by atoms with Crippen LogP contribution >= 0.6 is 11.8 Å². The lowest BCUT2D eigenvalue weighted by atomic mass is 10.1. The Kier molecular flexibility index (Phi) is 9.22. The molecule has 2 aliphatic heterocycles. The van der Waals surface area contributed by atoms with Crippen LogP contribution in [0.15, 0.2) is 0 Å². The minimum Gasteiger partial charge on any atom is -0.381 e. The van der Waals surface area contributed by atoms with E-state index < -0.39 is 0 Å². The summed E-state index contributed by atoms with van der Waals surface area (Å²) in [4.78, 5) is 21.6. The van der Waals surface area contributed by atoms with Crippen LogP contribution in [-0.4, -0.2) is 36.3 Å². The smallest absolute Gasteiger partial charge is 0.133 e. The summed E-state index contributed by atoms with van der Waals surface area (Å²) in [5, 5.41) is 0. The van der Waals surface area contributed by atoms with E-state index in [0.717, 1.165) is 64.6 Å². The molecule has 104 valence electrons. The fourth-order valence-corrected chi connectivity index (χ4v) is 2.84. The summed E-state index contributed by atoms with van der Waals surface area (Å²) >= 11 is 1.98. The second-order valence-electron chi connectivity index (χ2n) is 4.72. The van der Waals surface area contributed by atoms with E-state index in [1.54, 1.807) is 0 Å². The maximum Gasteiger partial charge on any atom is 0.133 e. The summed E-state index contributed by atoms with van der Waals surface area (Å²) in [6.45, 7) is 1.54. The van der Waals surface area contributed by atoms with E-state index in [1.807, 2.05) is 11.8 Å². The molecule has 18 heavy (non-hydrogen) atoms. The molecular formula is C14H24O3S. The van der Waals surface area contributed by atoms with Crippen LogP contribution in [0.25, 0.3) is 0 Å². The van der Waals surface area contributed by atoms with E-state index in [2.05, 4.69) is 0 Å². The van der Waals surface area contributed by atoms with E-state index in [9.17, 15) is 9.59 Å². The van der Waals surface area contributed by atoms with Crippen molar-refractivity contribution in [3.8, 4) is 0 Å². The Balaban J connectivity index is 0.000000180. The molecule has 0 bridgehead atoms. The first-order chi connectivity index (χ1) is 8.79. The molecule has 0 aliphatic carbocycles. The minimum atomic E-state index is 0.401. The van der Waals surface area contributed by atoms with Gasteiger partial charge in [-0.2, -0.15) is 11.8 Å². The van der Waals surface area contributed by atoms with Crippen molar-refractivity contribution in [2.45, 2.75) is 51.4 Å². The van der Waals surface area contributed by atoms with Gasteiger partial charge in [-0.15, -0.1) is 0 Å². The van der Waals surface area contributed by atoms with Crippen molar-refractivity contribution in [2.75, 3.05) is 24.7 Å². The van der Waals surface area contributed by atoms with Crippen molar-refractivity contribution in [3.63, 3.8) is 0 Å². The summed E-state index contributed by atoms with van der Waals surface area (Å²) in [6.07, 6.45) is 7.13. The van der Waals surface area contributed by atoms with E-state index in [0.29, 0.717) is 11.6 Å². The monoisotopic (exact) mass is 272 g/mol. The summed E-state index contributed by atoms with van der Waals surface area (Å²) < 4.78 is 5.17. The van der Waals surface area contributed by atoms with E-state index in [1.165, 1.54) is 11.5 Å². The Labute approximate surface area is 114 Å². The second kappa shape index (κ2) is 10.6. The average molecular weight is 272 g/mol. The van der Waals surface area contributed by atoms with Crippen molar-refractivity contribution in [2.24, 2.45) is 0 Å². The fraction of sp³-hybridized carbons (Fsp3) is 0.857. The molecule has 4 heteroatoms. The van der Waals surface area contributed by atoms with Crippen LogP contribution in [-0.2, 0) is 14.3 Å². The molecule has 3 nitrogen and oxygen atoms in total. The summed E-state index contributed by atoms with van der Waals surface area (Å²) in [7, 11) is 0. The van der Waals surface area contributed by atoms with Crippen LogP contribution in [0.3, 0.4) is 0 Å². The van der Waals surface area contributed by atoms with Crippen LogP contribution in [0.4, 0.5) is 0 Å². The molecular weight excluding hydrogens is 248 g/mol. The van der Waals surface area contributed by atoms with E-state index >= 15 is 0 Å². The Hall–Kier alpha value is -0.350. The van der Waals surface area contributed by atoms with E-state index in [-0.39, 0.29) is 0 Å². The Bertz CT molecular complexity index is 207. The molecule has 0 N–H and O–H groups in total. The zero-order valence-electron chi connectivity index (χ0n) is 11.1. The van der Waals surface area contributed by atoms with Crippen LogP contribution in [0, 0.1) is 0 Å². The molecule has 0 atom stereocenters. The lowest BCUT2D eigenvalue weighted by molar-refractivity contribution is -0.120. The van der Waals surface area contributed by atoms with Gasteiger partial charge in [0.25, 0.3) is 0 Å². The molecule has 2 rings (SSSR count). The number of carbonyl (C=O) groups excluding carboxylic acids is 2. The fourth-order valence-electron chi connectivity index (χ4n) is 1.94. The zero-order chi connectivity index (χ0) is 13.1. The first-order valence-corrected chi connectivity index (χ1v) is 8.13. The summed E-state index contributed by atoms with van der Waals surface area (Å²) in [5.41, 5.74) is 0. The topological polar surface area (TPSA) is 43.4 Å². The zero-order valence-corrected chi connectivity index (χ0v) is 11.9. The van der Waals surface area contributed by atoms with E-state index in [4.69, 9.17) is 4.74 Å². The molecule has 0 unspecified atom stereocenters. The number of ketones is 2. The molecule has 0 amide bonds. The van der Waals surface area contributed by atoms with Gasteiger partial charge in [0, 0.05) is 38.9 Å². The highest BCUT2D eigenvalue weighted by Crippen LogP contribution is 2.13. The van der Waals surface area contributed by atoms with Crippen LogP contribution in [0.5, 0.6) is 0 Å². The molecule has 0 saturated carbocycles. The molecule has 2 saturated heterocycles. The molecule has 0 aromatic carbocycles. The number of thioether (sulfide) groups is 1. The van der Waals surface area contributed by atoms with Gasteiger partial charge in [0.05, 0.1) is 0 Å². The van der Waals surface area contributed by atoms with Gasteiger partial charge in [0.2, 0.25) is 0 Å². The standard InChI is InChI=1S/C7H12O2.C7H12OS/c2*8-7-3-1-5-9-6-2-4-7/h2*1-6H2. The third kappa shape index (κ3) is 8.70. The Morgan fingerprint density at radius 2 is 1.17 bits per heavy atom. The lowest BCUT2D eigenvalue weighted by Gasteiger charge is -2.07. The molecule has 0 spiro atoms. The number of ether oxygens (including phenoxy) is 1. The van der Waals surface area contributed by atoms with Crippen molar-refractivity contribution in [1.29, 1.82) is 0 Å². The van der Waals surface area contributed by atoms with Gasteiger partial charge in [0.15, 0.2) is 0 Å². The number of Topliss-reactive ketones (excluding diaryl/α,β-unsaturated/α-hetero) is 2. The summed E-state index contributed by atoms with van der Waals surface area (Å²) in [6, 6.07) is 0.